The van der Waals surface area contributed by atoms with Crippen LogP contribution in [0, 0.1) is 5.41 Å². The summed E-state index contributed by atoms with van der Waals surface area (Å²) in [6, 6.07) is 0. The summed E-state index contributed by atoms with van der Waals surface area (Å²) in [6.45, 7) is 11.2. The standard InChI is InChI=1S/C21H30F2N4O3/c1-13(28)27-14-11-24-16(26-17(29)30-12-18(2,3)4)25-15(14)20(19(27,5)6)7-9-21(22,23)10-8-20/h11H,7-10,12H2,1-6H3,(H,24,25,26,29). The highest BCUT2D eigenvalue weighted by Crippen LogP contribution is 2.59. The fourth-order valence-electron chi connectivity index (χ4n) is 4.62. The summed E-state index contributed by atoms with van der Waals surface area (Å²) in [5.41, 5.74) is -0.660. The average Bonchev–Trinajstić information content (AvgIpc) is 2.79. The molecule has 3 rings (SSSR count). The number of hydrogen-bond acceptors (Lipinski definition) is 5. The third-order valence-electron chi connectivity index (χ3n) is 6.19. The predicted octanol–water partition coefficient (Wildman–Crippen LogP) is 4.66. The second kappa shape index (κ2) is 7.13. The van der Waals surface area contributed by atoms with Gasteiger partial charge in [0, 0.05) is 25.2 Å². The molecule has 30 heavy (non-hydrogen) atoms. The van der Waals surface area contributed by atoms with E-state index < -0.39 is 23.0 Å². The van der Waals surface area contributed by atoms with E-state index in [-0.39, 0.29) is 49.6 Å². The van der Waals surface area contributed by atoms with Crippen LogP contribution >= 0.6 is 0 Å². The summed E-state index contributed by atoms with van der Waals surface area (Å²) in [6.07, 6.45) is 0.620. The molecule has 1 aliphatic carbocycles. The van der Waals surface area contributed by atoms with E-state index in [0.29, 0.717) is 11.4 Å². The zero-order chi connectivity index (χ0) is 22.5. The van der Waals surface area contributed by atoms with Crippen LogP contribution in [0.5, 0.6) is 0 Å². The Balaban J connectivity index is 1.96. The number of hydrogen-bond donors (Lipinski definition) is 1. The molecular formula is C21H30F2N4O3. The van der Waals surface area contributed by atoms with Gasteiger partial charge in [0.05, 0.1) is 29.7 Å². The van der Waals surface area contributed by atoms with Gasteiger partial charge in [0.25, 0.3) is 0 Å². The lowest BCUT2D eigenvalue weighted by atomic mass is 9.62. The van der Waals surface area contributed by atoms with Gasteiger partial charge in [-0.25, -0.2) is 23.5 Å². The molecule has 166 valence electrons. The van der Waals surface area contributed by atoms with Gasteiger partial charge in [-0.05, 0) is 32.1 Å². The molecule has 1 N–H and O–H groups in total. The van der Waals surface area contributed by atoms with Gasteiger partial charge in [-0.1, -0.05) is 20.8 Å². The lowest BCUT2D eigenvalue weighted by Crippen LogP contribution is -2.57. The largest absolute Gasteiger partial charge is 0.449 e. The number of alkyl halides is 2. The second-order valence-corrected chi connectivity index (χ2v) is 10.0. The molecule has 1 fully saturated rings. The molecule has 0 unspecified atom stereocenters. The summed E-state index contributed by atoms with van der Waals surface area (Å²) >= 11 is 0. The zero-order valence-corrected chi connectivity index (χ0v) is 18.4. The van der Waals surface area contributed by atoms with Crippen LogP contribution in [0.25, 0.3) is 0 Å². The van der Waals surface area contributed by atoms with Crippen molar-refractivity contribution >= 4 is 23.6 Å². The fourth-order valence-corrected chi connectivity index (χ4v) is 4.62. The maximum atomic E-state index is 14.0. The van der Waals surface area contributed by atoms with Crippen molar-refractivity contribution in [1.29, 1.82) is 0 Å². The first-order chi connectivity index (χ1) is 13.7. The third kappa shape index (κ3) is 3.86. The van der Waals surface area contributed by atoms with Crippen LogP contribution < -0.4 is 10.2 Å². The van der Waals surface area contributed by atoms with Crippen molar-refractivity contribution in [3.05, 3.63) is 11.9 Å². The first-order valence-electron chi connectivity index (χ1n) is 10.2. The second-order valence-electron chi connectivity index (χ2n) is 10.0. The van der Waals surface area contributed by atoms with Gasteiger partial charge in [-0.15, -0.1) is 0 Å². The van der Waals surface area contributed by atoms with Crippen LogP contribution in [-0.4, -0.2) is 40.0 Å². The average molecular weight is 424 g/mol. The molecule has 1 aliphatic heterocycles. The Morgan fingerprint density at radius 2 is 1.80 bits per heavy atom. The van der Waals surface area contributed by atoms with Crippen molar-refractivity contribution < 1.29 is 23.1 Å². The number of ether oxygens (including phenoxy) is 1. The first-order valence-corrected chi connectivity index (χ1v) is 10.2. The maximum absolute atomic E-state index is 14.0. The Hall–Kier alpha value is -2.32. The minimum atomic E-state index is -2.73. The number of amides is 2. The molecule has 1 aromatic heterocycles. The SMILES string of the molecule is CC(=O)N1c2cnc(NC(=O)OCC(C)(C)C)nc2C2(CCC(F)(F)CC2)C1(C)C. The highest BCUT2D eigenvalue weighted by atomic mass is 19.3. The van der Waals surface area contributed by atoms with Crippen molar-refractivity contribution in [2.75, 3.05) is 16.8 Å². The highest BCUT2D eigenvalue weighted by molar-refractivity contribution is 5.96. The van der Waals surface area contributed by atoms with E-state index in [2.05, 4.69) is 15.3 Å². The summed E-state index contributed by atoms with van der Waals surface area (Å²) in [5.74, 6) is -2.90. The number of rotatable bonds is 2. The molecule has 0 saturated heterocycles. The van der Waals surface area contributed by atoms with E-state index in [1.165, 1.54) is 13.1 Å². The van der Waals surface area contributed by atoms with Crippen LogP contribution in [0.1, 0.15) is 72.9 Å². The Morgan fingerprint density at radius 1 is 1.20 bits per heavy atom. The first kappa shape index (κ1) is 22.4. The van der Waals surface area contributed by atoms with Gasteiger partial charge in [0.15, 0.2) is 0 Å². The van der Waals surface area contributed by atoms with Gasteiger partial charge < -0.3 is 9.64 Å². The van der Waals surface area contributed by atoms with Crippen LogP contribution in [0.4, 0.5) is 25.2 Å². The van der Waals surface area contributed by atoms with E-state index >= 15 is 0 Å². The Morgan fingerprint density at radius 3 is 2.33 bits per heavy atom. The number of nitrogens with zero attached hydrogens (tertiary/aromatic N) is 3. The van der Waals surface area contributed by atoms with Crippen LogP contribution in [0.15, 0.2) is 6.20 Å². The van der Waals surface area contributed by atoms with Gasteiger partial charge in [-0.3, -0.25) is 10.1 Å². The molecule has 2 heterocycles. The quantitative estimate of drug-likeness (QED) is 0.746. The number of halogens is 2. The van der Waals surface area contributed by atoms with Gasteiger partial charge in [0.1, 0.15) is 0 Å². The number of carbonyl (C=O) groups is 2. The fraction of sp³-hybridized carbons (Fsp3) is 0.714. The molecule has 1 aromatic rings. The van der Waals surface area contributed by atoms with E-state index in [9.17, 15) is 18.4 Å². The normalized spacial score (nSPS) is 21.3. The lowest BCUT2D eigenvalue weighted by Gasteiger charge is -2.48. The molecule has 1 spiro atoms. The maximum Gasteiger partial charge on any atom is 0.414 e. The van der Waals surface area contributed by atoms with Crippen molar-refractivity contribution in [2.45, 2.75) is 84.1 Å². The summed E-state index contributed by atoms with van der Waals surface area (Å²) in [5, 5.41) is 2.52. The molecule has 9 heteroatoms. The van der Waals surface area contributed by atoms with Crippen molar-refractivity contribution in [2.24, 2.45) is 5.41 Å². The monoisotopic (exact) mass is 424 g/mol. The number of anilines is 2. The minimum Gasteiger partial charge on any atom is -0.449 e. The number of aromatic nitrogens is 2. The topological polar surface area (TPSA) is 84.4 Å². The van der Waals surface area contributed by atoms with Gasteiger partial charge in [-0.2, -0.15) is 0 Å². The third-order valence-corrected chi connectivity index (χ3v) is 6.19. The smallest absolute Gasteiger partial charge is 0.414 e. The highest BCUT2D eigenvalue weighted by Gasteiger charge is 2.61. The lowest BCUT2D eigenvalue weighted by molar-refractivity contribution is -0.118. The number of carbonyl (C=O) groups excluding carboxylic acids is 2. The molecule has 1 saturated carbocycles. The Bertz CT molecular complexity index is 854. The van der Waals surface area contributed by atoms with Crippen molar-refractivity contribution in [3.63, 3.8) is 0 Å². The van der Waals surface area contributed by atoms with Crippen molar-refractivity contribution in [3.8, 4) is 0 Å². The van der Waals surface area contributed by atoms with Gasteiger partial charge in [0.2, 0.25) is 17.8 Å². The summed E-state index contributed by atoms with van der Waals surface area (Å²) in [7, 11) is 0. The molecule has 2 aliphatic rings. The molecule has 0 radical (unpaired) electrons. The number of fused-ring (bicyclic) bond motifs is 2. The minimum absolute atomic E-state index is 0.0329. The van der Waals surface area contributed by atoms with E-state index in [1.54, 1.807) is 4.90 Å². The zero-order valence-electron chi connectivity index (χ0n) is 18.4. The Kier molecular flexibility index (Phi) is 5.31. The van der Waals surface area contributed by atoms with Crippen LogP contribution in [-0.2, 0) is 14.9 Å². The van der Waals surface area contributed by atoms with E-state index in [0.717, 1.165) is 0 Å². The van der Waals surface area contributed by atoms with E-state index in [4.69, 9.17) is 4.74 Å². The van der Waals surface area contributed by atoms with Gasteiger partial charge >= 0.3 is 6.09 Å². The summed E-state index contributed by atoms with van der Waals surface area (Å²) < 4.78 is 33.1. The van der Waals surface area contributed by atoms with E-state index in [1.807, 2.05) is 34.6 Å². The molecular weight excluding hydrogens is 394 g/mol. The Labute approximate surface area is 175 Å². The summed E-state index contributed by atoms with van der Waals surface area (Å²) in [4.78, 5) is 34.9. The van der Waals surface area contributed by atoms with Crippen LogP contribution in [0.3, 0.4) is 0 Å². The molecule has 2 amide bonds. The van der Waals surface area contributed by atoms with Crippen molar-refractivity contribution in [1.82, 2.24) is 9.97 Å². The predicted molar refractivity (Wildman–Crippen MR) is 109 cm³/mol. The molecule has 0 aromatic carbocycles. The number of nitrogens with one attached hydrogen (secondary N) is 1. The molecule has 0 bridgehead atoms. The van der Waals surface area contributed by atoms with Crippen LogP contribution in [0.2, 0.25) is 0 Å². The molecule has 0 atom stereocenters. The molecule has 7 nitrogen and oxygen atoms in total.